The summed E-state index contributed by atoms with van der Waals surface area (Å²) in [5.41, 5.74) is 4.97. The molecule has 3 heterocycles. The third-order valence-corrected chi connectivity index (χ3v) is 3.39. The summed E-state index contributed by atoms with van der Waals surface area (Å²) >= 11 is 1.84. The highest BCUT2D eigenvalue weighted by Gasteiger charge is 2.08. The lowest BCUT2D eigenvalue weighted by Gasteiger charge is -1.82. The molecule has 0 spiro atoms. The number of nitrogens with one attached hydrogen (secondary N) is 2. The van der Waals surface area contributed by atoms with Crippen LogP contribution in [0.5, 0.6) is 0 Å². The Morgan fingerprint density at radius 2 is 1.38 bits per heavy atom. The molecule has 0 saturated carbocycles. The molecule has 2 nitrogen and oxygen atoms in total. The first-order valence-electron chi connectivity index (χ1n) is 4.31. The van der Waals surface area contributed by atoms with E-state index in [1.807, 2.05) is 11.3 Å². The Bertz CT molecular complexity index is 531. The van der Waals surface area contributed by atoms with Gasteiger partial charge in [0.2, 0.25) is 0 Å². The van der Waals surface area contributed by atoms with Crippen LogP contribution in [0.4, 0.5) is 0 Å². The third kappa shape index (κ3) is 0.877. The van der Waals surface area contributed by atoms with Crippen molar-refractivity contribution in [1.82, 2.24) is 9.97 Å². The molecule has 3 aromatic heterocycles. The minimum Gasteiger partial charge on any atom is -0.356 e. The third-order valence-electron chi connectivity index (χ3n) is 2.30. The van der Waals surface area contributed by atoms with Crippen LogP contribution in [0.1, 0.15) is 11.4 Å². The molecule has 2 N–H and O–H groups in total. The molecule has 0 amide bonds. The smallest absolute Gasteiger partial charge is 0.0811 e. The van der Waals surface area contributed by atoms with Crippen LogP contribution in [0.25, 0.3) is 20.4 Å². The number of aromatic nitrogens is 2. The number of hydrogen-bond donors (Lipinski definition) is 2. The van der Waals surface area contributed by atoms with Crippen molar-refractivity contribution in [2.45, 2.75) is 13.8 Å². The van der Waals surface area contributed by atoms with E-state index in [2.05, 4.69) is 35.9 Å². The summed E-state index contributed by atoms with van der Waals surface area (Å²) in [6.45, 7) is 4.18. The highest BCUT2D eigenvalue weighted by Crippen LogP contribution is 2.33. The van der Waals surface area contributed by atoms with Gasteiger partial charge in [0.15, 0.2) is 0 Å². The first-order valence-corrected chi connectivity index (χ1v) is 5.13. The van der Waals surface area contributed by atoms with Gasteiger partial charge in [-0.2, -0.15) is 0 Å². The van der Waals surface area contributed by atoms with Gasteiger partial charge in [0.05, 0.1) is 20.4 Å². The molecule has 0 aliphatic carbocycles. The largest absolute Gasteiger partial charge is 0.356 e. The first-order chi connectivity index (χ1) is 6.24. The maximum Gasteiger partial charge on any atom is 0.0811 e. The van der Waals surface area contributed by atoms with Crippen LogP contribution in [0, 0.1) is 13.8 Å². The summed E-state index contributed by atoms with van der Waals surface area (Å²) in [6, 6.07) is 4.40. The number of hydrogen-bond acceptors (Lipinski definition) is 1. The van der Waals surface area contributed by atoms with Gasteiger partial charge in [0.1, 0.15) is 0 Å². The Hall–Kier alpha value is -1.22. The zero-order valence-corrected chi connectivity index (χ0v) is 8.38. The highest BCUT2D eigenvalue weighted by atomic mass is 32.1. The summed E-state index contributed by atoms with van der Waals surface area (Å²) < 4.78 is 2.69. The van der Waals surface area contributed by atoms with E-state index in [1.54, 1.807) is 0 Å². The summed E-state index contributed by atoms with van der Waals surface area (Å²) in [5.74, 6) is 0. The number of fused-ring (bicyclic) bond motifs is 3. The van der Waals surface area contributed by atoms with Crippen molar-refractivity contribution in [2.75, 3.05) is 0 Å². The van der Waals surface area contributed by atoms with Crippen LogP contribution in [0.3, 0.4) is 0 Å². The molecule has 3 aromatic rings. The normalized spacial score (nSPS) is 11.8. The number of rotatable bonds is 0. The highest BCUT2D eigenvalue weighted by molar-refractivity contribution is 7.25. The van der Waals surface area contributed by atoms with Gasteiger partial charge in [0.25, 0.3) is 0 Å². The Balaban J connectivity index is 2.56. The number of thiophene rings is 1. The Morgan fingerprint density at radius 1 is 0.923 bits per heavy atom. The second-order valence-electron chi connectivity index (χ2n) is 3.49. The molecule has 0 bridgehead atoms. The topological polar surface area (TPSA) is 31.6 Å². The Labute approximate surface area is 79.6 Å². The summed E-state index contributed by atoms with van der Waals surface area (Å²) in [6.07, 6.45) is 0. The van der Waals surface area contributed by atoms with Crippen molar-refractivity contribution >= 4 is 31.8 Å². The fourth-order valence-corrected chi connectivity index (χ4v) is 3.00. The van der Waals surface area contributed by atoms with Gasteiger partial charge in [0, 0.05) is 11.4 Å². The molecule has 13 heavy (non-hydrogen) atoms. The minimum absolute atomic E-state index is 1.23. The maximum atomic E-state index is 3.37. The lowest BCUT2D eigenvalue weighted by Crippen LogP contribution is -1.69. The van der Waals surface area contributed by atoms with E-state index in [9.17, 15) is 0 Å². The van der Waals surface area contributed by atoms with Gasteiger partial charge in [-0.3, -0.25) is 0 Å². The molecular weight excluding hydrogens is 180 g/mol. The minimum atomic E-state index is 1.23. The van der Waals surface area contributed by atoms with Crippen LogP contribution in [-0.2, 0) is 0 Å². The molecule has 0 saturated heterocycles. The molecule has 0 fully saturated rings. The average Bonchev–Trinajstić information content (AvgIpc) is 2.60. The Morgan fingerprint density at radius 3 is 1.85 bits per heavy atom. The molecule has 0 radical (unpaired) electrons. The molecule has 0 aliphatic heterocycles. The van der Waals surface area contributed by atoms with E-state index < -0.39 is 0 Å². The van der Waals surface area contributed by atoms with E-state index in [4.69, 9.17) is 0 Å². The van der Waals surface area contributed by atoms with Crippen LogP contribution in [-0.4, -0.2) is 9.97 Å². The fourth-order valence-electron chi connectivity index (χ4n) is 1.78. The van der Waals surface area contributed by atoms with Gasteiger partial charge >= 0.3 is 0 Å². The van der Waals surface area contributed by atoms with Crippen molar-refractivity contribution in [2.24, 2.45) is 0 Å². The zero-order valence-electron chi connectivity index (χ0n) is 7.56. The molecular formula is C10H10N2S. The summed E-state index contributed by atoms with van der Waals surface area (Å²) in [4.78, 5) is 6.75. The number of H-pyrrole nitrogens is 2. The van der Waals surface area contributed by atoms with E-state index >= 15 is 0 Å². The Kier molecular flexibility index (Phi) is 1.21. The van der Waals surface area contributed by atoms with Gasteiger partial charge in [-0.05, 0) is 26.0 Å². The van der Waals surface area contributed by atoms with Crippen molar-refractivity contribution in [3.8, 4) is 0 Å². The quantitative estimate of drug-likeness (QED) is 0.545. The van der Waals surface area contributed by atoms with Crippen LogP contribution < -0.4 is 0 Å². The van der Waals surface area contributed by atoms with Crippen molar-refractivity contribution in [1.29, 1.82) is 0 Å². The monoisotopic (exact) mass is 190 g/mol. The first kappa shape index (κ1) is 7.21. The van der Waals surface area contributed by atoms with E-state index in [1.165, 1.54) is 31.8 Å². The van der Waals surface area contributed by atoms with Crippen molar-refractivity contribution in [3.63, 3.8) is 0 Å². The standard InChI is InChI=1S/C10H10N2S/c1-5-3-7-9(11-5)10-8(13-7)4-6(2)12-10/h3-4,11-12H,1-2H3. The van der Waals surface area contributed by atoms with E-state index in [0.29, 0.717) is 0 Å². The molecule has 0 aromatic carbocycles. The average molecular weight is 190 g/mol. The predicted molar refractivity (Wildman–Crippen MR) is 57.5 cm³/mol. The molecule has 0 atom stereocenters. The van der Waals surface area contributed by atoms with E-state index in [-0.39, 0.29) is 0 Å². The van der Waals surface area contributed by atoms with E-state index in [0.717, 1.165) is 0 Å². The lowest BCUT2D eigenvalue weighted by molar-refractivity contribution is 1.28. The fraction of sp³-hybridized carbons (Fsp3) is 0.200. The molecule has 3 rings (SSSR count). The van der Waals surface area contributed by atoms with Gasteiger partial charge < -0.3 is 9.97 Å². The van der Waals surface area contributed by atoms with Crippen molar-refractivity contribution < 1.29 is 0 Å². The second-order valence-corrected chi connectivity index (χ2v) is 4.57. The molecule has 0 unspecified atom stereocenters. The zero-order chi connectivity index (χ0) is 9.00. The van der Waals surface area contributed by atoms with Crippen LogP contribution in [0.15, 0.2) is 12.1 Å². The van der Waals surface area contributed by atoms with Crippen LogP contribution >= 0.6 is 11.3 Å². The van der Waals surface area contributed by atoms with Gasteiger partial charge in [-0.1, -0.05) is 0 Å². The number of aryl methyl sites for hydroxylation is 2. The maximum absolute atomic E-state index is 3.37. The van der Waals surface area contributed by atoms with Gasteiger partial charge in [-0.15, -0.1) is 11.3 Å². The SMILES string of the molecule is Cc1cc2sc3cc(C)[nH]c3c2[nH]1. The van der Waals surface area contributed by atoms with Crippen molar-refractivity contribution in [3.05, 3.63) is 23.5 Å². The van der Waals surface area contributed by atoms with Gasteiger partial charge in [-0.25, -0.2) is 0 Å². The lowest BCUT2D eigenvalue weighted by atomic mass is 10.4. The number of aromatic amines is 2. The van der Waals surface area contributed by atoms with Crippen LogP contribution in [0.2, 0.25) is 0 Å². The second kappa shape index (κ2) is 2.17. The molecule has 66 valence electrons. The summed E-state index contributed by atoms with van der Waals surface area (Å²) in [7, 11) is 0. The molecule has 0 aliphatic rings. The molecule has 3 heteroatoms. The summed E-state index contributed by atoms with van der Waals surface area (Å²) in [5, 5.41) is 0. The predicted octanol–water partition coefficient (Wildman–Crippen LogP) is 3.33.